The standard InChI is InChI=1S/C15H20ClN3O/c1-4-8-19-15(20)14(12(16)9-17-19)18-13-7-6-11(5-2)10(13)3/h1,9-11,13,18H,5-8H2,2-3H3. The van der Waals surface area contributed by atoms with Crippen molar-refractivity contribution in [1.82, 2.24) is 9.78 Å². The van der Waals surface area contributed by atoms with Gasteiger partial charge in [0.2, 0.25) is 0 Å². The van der Waals surface area contributed by atoms with Gasteiger partial charge < -0.3 is 5.32 Å². The van der Waals surface area contributed by atoms with Crippen molar-refractivity contribution in [2.75, 3.05) is 5.32 Å². The summed E-state index contributed by atoms with van der Waals surface area (Å²) in [6.07, 6.45) is 10.1. The number of rotatable bonds is 4. The first-order valence-corrected chi connectivity index (χ1v) is 7.41. The molecule has 0 radical (unpaired) electrons. The predicted molar refractivity (Wildman–Crippen MR) is 81.9 cm³/mol. The van der Waals surface area contributed by atoms with E-state index in [0.29, 0.717) is 22.5 Å². The lowest BCUT2D eigenvalue weighted by atomic mass is 9.93. The minimum Gasteiger partial charge on any atom is -0.376 e. The molecule has 0 saturated heterocycles. The van der Waals surface area contributed by atoms with Crippen LogP contribution in [0.3, 0.4) is 0 Å². The second-order valence-electron chi connectivity index (χ2n) is 5.39. The van der Waals surface area contributed by atoms with E-state index in [9.17, 15) is 4.79 Å². The van der Waals surface area contributed by atoms with E-state index in [1.165, 1.54) is 23.7 Å². The lowest BCUT2D eigenvalue weighted by Crippen LogP contribution is -2.31. The molecule has 1 fully saturated rings. The van der Waals surface area contributed by atoms with E-state index in [4.69, 9.17) is 18.0 Å². The van der Waals surface area contributed by atoms with Gasteiger partial charge in [-0.2, -0.15) is 5.10 Å². The van der Waals surface area contributed by atoms with Gasteiger partial charge in [0.25, 0.3) is 5.56 Å². The summed E-state index contributed by atoms with van der Waals surface area (Å²) < 4.78 is 1.26. The zero-order valence-electron chi connectivity index (χ0n) is 11.9. The number of aromatic nitrogens is 2. The van der Waals surface area contributed by atoms with Gasteiger partial charge in [-0.3, -0.25) is 4.79 Å². The molecule has 4 nitrogen and oxygen atoms in total. The monoisotopic (exact) mass is 293 g/mol. The molecule has 0 amide bonds. The van der Waals surface area contributed by atoms with E-state index in [2.05, 4.69) is 30.2 Å². The fraction of sp³-hybridized carbons (Fsp3) is 0.600. The van der Waals surface area contributed by atoms with Gasteiger partial charge in [0, 0.05) is 6.04 Å². The average Bonchev–Trinajstić information content (AvgIpc) is 2.78. The molecule has 1 heterocycles. The first-order chi connectivity index (χ1) is 9.58. The molecule has 5 heteroatoms. The fourth-order valence-electron chi connectivity index (χ4n) is 3.01. The van der Waals surface area contributed by atoms with E-state index < -0.39 is 0 Å². The second kappa shape index (κ2) is 6.32. The molecule has 1 saturated carbocycles. The van der Waals surface area contributed by atoms with Gasteiger partial charge in [-0.25, -0.2) is 4.68 Å². The SMILES string of the molecule is C#CCn1ncc(Cl)c(NC2CCC(CC)C2C)c1=O. The first-order valence-electron chi connectivity index (χ1n) is 7.04. The molecule has 0 spiro atoms. The van der Waals surface area contributed by atoms with E-state index in [-0.39, 0.29) is 18.1 Å². The maximum Gasteiger partial charge on any atom is 0.292 e. The van der Waals surface area contributed by atoms with Crippen LogP contribution < -0.4 is 10.9 Å². The summed E-state index contributed by atoms with van der Waals surface area (Å²) in [4.78, 5) is 12.3. The fourth-order valence-corrected chi connectivity index (χ4v) is 3.19. The third kappa shape index (κ3) is 2.83. The lowest BCUT2D eigenvalue weighted by Gasteiger charge is -2.22. The topological polar surface area (TPSA) is 46.9 Å². The normalized spacial score (nSPS) is 25.4. The largest absolute Gasteiger partial charge is 0.376 e. The van der Waals surface area contributed by atoms with Gasteiger partial charge >= 0.3 is 0 Å². The van der Waals surface area contributed by atoms with Crippen molar-refractivity contribution in [1.29, 1.82) is 0 Å². The van der Waals surface area contributed by atoms with Crippen LogP contribution >= 0.6 is 11.6 Å². The molecule has 1 aliphatic rings. The van der Waals surface area contributed by atoms with Crippen LogP contribution in [-0.2, 0) is 6.54 Å². The van der Waals surface area contributed by atoms with Crippen molar-refractivity contribution in [2.45, 2.75) is 45.7 Å². The Kier molecular flexibility index (Phi) is 4.72. The number of terminal acetylenes is 1. The average molecular weight is 294 g/mol. The number of halogens is 1. The lowest BCUT2D eigenvalue weighted by molar-refractivity contribution is 0.391. The van der Waals surface area contributed by atoms with Gasteiger partial charge in [0.15, 0.2) is 0 Å². The summed E-state index contributed by atoms with van der Waals surface area (Å²) in [6.45, 7) is 4.60. The van der Waals surface area contributed by atoms with Crippen LogP contribution in [0.4, 0.5) is 5.69 Å². The Hall–Kier alpha value is -1.47. The van der Waals surface area contributed by atoms with Crippen molar-refractivity contribution < 1.29 is 0 Å². The van der Waals surface area contributed by atoms with Gasteiger partial charge in [0.1, 0.15) is 12.2 Å². The molecular formula is C15H20ClN3O. The summed E-state index contributed by atoms with van der Waals surface area (Å²) in [5, 5.41) is 7.62. The van der Waals surface area contributed by atoms with Crippen molar-refractivity contribution in [3.05, 3.63) is 21.6 Å². The first kappa shape index (κ1) is 14.9. The zero-order valence-corrected chi connectivity index (χ0v) is 12.7. The molecule has 0 aromatic carbocycles. The van der Waals surface area contributed by atoms with Gasteiger partial charge in [-0.05, 0) is 24.7 Å². The number of nitrogens with zero attached hydrogens (tertiary/aromatic N) is 2. The highest BCUT2D eigenvalue weighted by Gasteiger charge is 2.32. The number of hydrogen-bond donors (Lipinski definition) is 1. The van der Waals surface area contributed by atoms with Crippen molar-refractivity contribution in [3.63, 3.8) is 0 Å². The Morgan fingerprint density at radius 1 is 1.60 bits per heavy atom. The number of hydrogen-bond acceptors (Lipinski definition) is 3. The number of anilines is 1. The minimum absolute atomic E-state index is 0.155. The Balaban J connectivity index is 2.24. The highest BCUT2D eigenvalue weighted by molar-refractivity contribution is 6.33. The molecule has 1 N–H and O–H groups in total. The Morgan fingerprint density at radius 3 is 2.95 bits per heavy atom. The van der Waals surface area contributed by atoms with E-state index in [0.717, 1.165) is 6.42 Å². The molecule has 3 atom stereocenters. The quantitative estimate of drug-likeness (QED) is 0.868. The predicted octanol–water partition coefficient (Wildman–Crippen LogP) is 2.77. The molecule has 0 aliphatic heterocycles. The minimum atomic E-state index is -0.248. The summed E-state index contributed by atoms with van der Waals surface area (Å²) in [6, 6.07) is 0.284. The van der Waals surface area contributed by atoms with Crippen LogP contribution in [-0.4, -0.2) is 15.8 Å². The molecule has 1 aliphatic carbocycles. The molecule has 1 aromatic heterocycles. The Bertz CT molecular complexity index is 575. The molecule has 2 rings (SSSR count). The van der Waals surface area contributed by atoms with E-state index in [1.807, 2.05) is 0 Å². The smallest absolute Gasteiger partial charge is 0.292 e. The van der Waals surface area contributed by atoms with Gasteiger partial charge in [-0.15, -0.1) is 6.42 Å². The van der Waals surface area contributed by atoms with Crippen LogP contribution in [0, 0.1) is 24.2 Å². The van der Waals surface area contributed by atoms with Crippen LogP contribution in [0.1, 0.15) is 33.1 Å². The van der Waals surface area contributed by atoms with Gasteiger partial charge in [0.05, 0.1) is 11.2 Å². The van der Waals surface area contributed by atoms with Crippen molar-refractivity contribution >= 4 is 17.3 Å². The molecular weight excluding hydrogens is 274 g/mol. The molecule has 3 unspecified atom stereocenters. The van der Waals surface area contributed by atoms with Crippen molar-refractivity contribution in [3.8, 4) is 12.3 Å². The van der Waals surface area contributed by atoms with E-state index >= 15 is 0 Å². The Labute approximate surface area is 124 Å². The molecule has 20 heavy (non-hydrogen) atoms. The summed E-state index contributed by atoms with van der Waals surface area (Å²) in [5.74, 6) is 3.66. The molecule has 0 bridgehead atoms. The zero-order chi connectivity index (χ0) is 14.7. The van der Waals surface area contributed by atoms with Gasteiger partial charge in [-0.1, -0.05) is 37.8 Å². The summed E-state index contributed by atoms with van der Waals surface area (Å²) in [7, 11) is 0. The molecule has 108 valence electrons. The highest BCUT2D eigenvalue weighted by atomic mass is 35.5. The maximum atomic E-state index is 12.3. The third-order valence-electron chi connectivity index (χ3n) is 4.32. The van der Waals surface area contributed by atoms with Crippen LogP contribution in [0.15, 0.2) is 11.0 Å². The summed E-state index contributed by atoms with van der Waals surface area (Å²) in [5.41, 5.74) is 0.174. The second-order valence-corrected chi connectivity index (χ2v) is 5.80. The highest BCUT2D eigenvalue weighted by Crippen LogP contribution is 2.35. The number of nitrogens with one attached hydrogen (secondary N) is 1. The summed E-state index contributed by atoms with van der Waals surface area (Å²) >= 11 is 6.11. The van der Waals surface area contributed by atoms with Crippen LogP contribution in [0.2, 0.25) is 5.02 Å². The Morgan fingerprint density at radius 2 is 2.35 bits per heavy atom. The van der Waals surface area contributed by atoms with E-state index in [1.54, 1.807) is 0 Å². The molecule has 1 aromatic rings. The van der Waals surface area contributed by atoms with Crippen molar-refractivity contribution in [2.24, 2.45) is 11.8 Å². The van der Waals surface area contributed by atoms with Crippen LogP contribution in [0.25, 0.3) is 0 Å². The van der Waals surface area contributed by atoms with Crippen LogP contribution in [0.5, 0.6) is 0 Å². The maximum absolute atomic E-state index is 12.3. The third-order valence-corrected chi connectivity index (χ3v) is 4.61.